The van der Waals surface area contributed by atoms with Crippen molar-refractivity contribution in [3.8, 4) is 0 Å². The monoisotopic (exact) mass is 264 g/mol. The van der Waals surface area contributed by atoms with Crippen molar-refractivity contribution < 1.29 is 0 Å². The molecule has 98 valence electrons. The van der Waals surface area contributed by atoms with Gasteiger partial charge in [-0.3, -0.25) is 4.68 Å². The lowest BCUT2D eigenvalue weighted by Crippen LogP contribution is -2.14. The number of hydrogen-bond acceptors (Lipinski definition) is 1. The fourth-order valence-corrected chi connectivity index (χ4v) is 2.77. The SMILES string of the molecule is CCn1nc(CC(CCl)C(C)C)c2ccccc21. The Morgan fingerprint density at radius 1 is 1.28 bits per heavy atom. The third kappa shape index (κ3) is 2.54. The van der Waals surface area contributed by atoms with Gasteiger partial charge < -0.3 is 0 Å². The van der Waals surface area contributed by atoms with E-state index < -0.39 is 0 Å². The summed E-state index contributed by atoms with van der Waals surface area (Å²) in [5, 5.41) is 6.01. The average molecular weight is 265 g/mol. The van der Waals surface area contributed by atoms with Crippen LogP contribution in [0.1, 0.15) is 26.5 Å². The van der Waals surface area contributed by atoms with E-state index in [1.54, 1.807) is 0 Å². The first kappa shape index (κ1) is 13.4. The second-order valence-corrected chi connectivity index (χ2v) is 5.45. The molecule has 2 rings (SSSR count). The Morgan fingerprint density at radius 2 is 2.00 bits per heavy atom. The van der Waals surface area contributed by atoms with Crippen molar-refractivity contribution in [2.75, 3.05) is 5.88 Å². The largest absolute Gasteiger partial charge is 0.265 e. The standard InChI is InChI=1S/C15H21ClN2/c1-4-18-15-8-6-5-7-13(15)14(17-18)9-12(10-16)11(2)3/h5-8,11-12H,4,9-10H2,1-3H3. The molecule has 0 aliphatic heterocycles. The van der Waals surface area contributed by atoms with Crippen molar-refractivity contribution >= 4 is 22.5 Å². The van der Waals surface area contributed by atoms with Gasteiger partial charge in [-0.05, 0) is 31.2 Å². The summed E-state index contributed by atoms with van der Waals surface area (Å²) < 4.78 is 2.08. The van der Waals surface area contributed by atoms with Gasteiger partial charge in [0, 0.05) is 17.8 Å². The predicted octanol–water partition coefficient (Wildman–Crippen LogP) is 4.11. The molecule has 18 heavy (non-hydrogen) atoms. The maximum atomic E-state index is 6.07. The maximum Gasteiger partial charge on any atom is 0.0706 e. The van der Waals surface area contributed by atoms with Crippen LogP contribution in [0, 0.1) is 11.8 Å². The van der Waals surface area contributed by atoms with Crippen LogP contribution in [-0.4, -0.2) is 15.7 Å². The van der Waals surface area contributed by atoms with Crippen LogP contribution in [0.4, 0.5) is 0 Å². The van der Waals surface area contributed by atoms with Gasteiger partial charge in [0.05, 0.1) is 11.2 Å². The van der Waals surface area contributed by atoms with Crippen LogP contribution in [0.15, 0.2) is 24.3 Å². The van der Waals surface area contributed by atoms with E-state index >= 15 is 0 Å². The summed E-state index contributed by atoms with van der Waals surface area (Å²) in [4.78, 5) is 0. The minimum Gasteiger partial charge on any atom is -0.265 e. The van der Waals surface area contributed by atoms with Gasteiger partial charge in [-0.1, -0.05) is 32.0 Å². The molecule has 0 fully saturated rings. The van der Waals surface area contributed by atoms with Gasteiger partial charge in [0.15, 0.2) is 0 Å². The van der Waals surface area contributed by atoms with E-state index in [1.165, 1.54) is 16.6 Å². The molecule has 1 unspecified atom stereocenters. The molecule has 3 heteroatoms. The molecule has 2 aromatic rings. The second-order valence-electron chi connectivity index (χ2n) is 5.14. The number of alkyl halides is 1. The van der Waals surface area contributed by atoms with E-state index in [-0.39, 0.29) is 0 Å². The quantitative estimate of drug-likeness (QED) is 0.743. The zero-order valence-corrected chi connectivity index (χ0v) is 12.1. The minimum absolute atomic E-state index is 0.496. The molecule has 0 saturated heterocycles. The Morgan fingerprint density at radius 3 is 2.61 bits per heavy atom. The van der Waals surface area contributed by atoms with Crippen LogP contribution in [-0.2, 0) is 13.0 Å². The third-order valence-corrected chi connectivity index (χ3v) is 4.03. The van der Waals surface area contributed by atoms with Gasteiger partial charge in [0.1, 0.15) is 0 Å². The zero-order valence-electron chi connectivity index (χ0n) is 11.4. The van der Waals surface area contributed by atoms with Gasteiger partial charge in [-0.25, -0.2) is 0 Å². The molecular weight excluding hydrogens is 244 g/mol. The Kier molecular flexibility index (Phi) is 4.28. The summed E-state index contributed by atoms with van der Waals surface area (Å²) in [6.45, 7) is 7.50. The van der Waals surface area contributed by atoms with E-state index in [9.17, 15) is 0 Å². The average Bonchev–Trinajstić information content (AvgIpc) is 2.74. The molecule has 2 nitrogen and oxygen atoms in total. The number of hydrogen-bond donors (Lipinski definition) is 0. The Balaban J connectivity index is 2.39. The molecule has 0 bridgehead atoms. The summed E-state index contributed by atoms with van der Waals surface area (Å²) >= 11 is 6.07. The number of rotatable bonds is 5. The van der Waals surface area contributed by atoms with Crippen LogP contribution < -0.4 is 0 Å². The predicted molar refractivity (Wildman–Crippen MR) is 78.2 cm³/mol. The third-order valence-electron chi connectivity index (χ3n) is 3.63. The highest BCUT2D eigenvalue weighted by Gasteiger charge is 2.17. The molecule has 0 aliphatic carbocycles. The summed E-state index contributed by atoms with van der Waals surface area (Å²) in [5.41, 5.74) is 2.42. The van der Waals surface area contributed by atoms with E-state index in [2.05, 4.69) is 49.7 Å². The second kappa shape index (κ2) is 5.75. The van der Waals surface area contributed by atoms with Crippen molar-refractivity contribution in [1.29, 1.82) is 0 Å². The molecule has 0 aliphatic rings. The maximum absolute atomic E-state index is 6.07. The van der Waals surface area contributed by atoms with Crippen molar-refractivity contribution in [3.63, 3.8) is 0 Å². The Hall–Kier alpha value is -1.02. The number of benzene rings is 1. The van der Waals surface area contributed by atoms with E-state index in [0.717, 1.165) is 13.0 Å². The van der Waals surface area contributed by atoms with Gasteiger partial charge >= 0.3 is 0 Å². The number of aryl methyl sites for hydroxylation is 1. The minimum atomic E-state index is 0.496. The van der Waals surface area contributed by atoms with Crippen LogP contribution in [0.3, 0.4) is 0 Å². The molecule has 0 radical (unpaired) electrons. The molecule has 1 atom stereocenters. The Labute approximate surface area is 114 Å². The molecule has 1 heterocycles. The van der Waals surface area contributed by atoms with Crippen molar-refractivity contribution in [1.82, 2.24) is 9.78 Å². The highest BCUT2D eigenvalue weighted by molar-refractivity contribution is 6.18. The lowest BCUT2D eigenvalue weighted by atomic mass is 9.92. The van der Waals surface area contributed by atoms with E-state index in [1.807, 2.05) is 0 Å². The fraction of sp³-hybridized carbons (Fsp3) is 0.533. The first-order valence-electron chi connectivity index (χ1n) is 6.67. The number of nitrogens with zero attached hydrogens (tertiary/aromatic N) is 2. The highest BCUT2D eigenvalue weighted by atomic mass is 35.5. The summed E-state index contributed by atoms with van der Waals surface area (Å²) in [6.07, 6.45) is 0.967. The van der Waals surface area contributed by atoms with Gasteiger partial charge in [0.25, 0.3) is 0 Å². The summed E-state index contributed by atoms with van der Waals surface area (Å²) in [5.74, 6) is 1.79. The lowest BCUT2D eigenvalue weighted by Gasteiger charge is -2.16. The van der Waals surface area contributed by atoms with Gasteiger partial charge in [-0.15, -0.1) is 11.6 Å². The number of fused-ring (bicyclic) bond motifs is 1. The summed E-state index contributed by atoms with van der Waals surface area (Å²) in [7, 11) is 0. The number of aromatic nitrogens is 2. The molecule has 0 spiro atoms. The molecular formula is C15H21ClN2. The van der Waals surface area contributed by atoms with Gasteiger partial charge in [0.2, 0.25) is 0 Å². The van der Waals surface area contributed by atoms with Crippen molar-refractivity contribution in [2.45, 2.75) is 33.7 Å². The first-order chi connectivity index (χ1) is 8.67. The van der Waals surface area contributed by atoms with E-state index in [0.29, 0.717) is 17.7 Å². The van der Waals surface area contributed by atoms with Crippen molar-refractivity contribution in [2.24, 2.45) is 11.8 Å². The molecule has 0 N–H and O–H groups in total. The normalized spacial score (nSPS) is 13.4. The molecule has 1 aromatic heterocycles. The van der Waals surface area contributed by atoms with E-state index in [4.69, 9.17) is 16.7 Å². The summed E-state index contributed by atoms with van der Waals surface area (Å²) in [6, 6.07) is 8.45. The topological polar surface area (TPSA) is 17.8 Å². The van der Waals surface area contributed by atoms with Crippen LogP contribution >= 0.6 is 11.6 Å². The molecule has 0 amide bonds. The van der Waals surface area contributed by atoms with Crippen molar-refractivity contribution in [3.05, 3.63) is 30.0 Å². The molecule has 1 aromatic carbocycles. The first-order valence-corrected chi connectivity index (χ1v) is 7.21. The highest BCUT2D eigenvalue weighted by Crippen LogP contribution is 2.24. The smallest absolute Gasteiger partial charge is 0.0706 e. The lowest BCUT2D eigenvalue weighted by molar-refractivity contribution is 0.417. The fourth-order valence-electron chi connectivity index (χ4n) is 2.30. The van der Waals surface area contributed by atoms with Crippen LogP contribution in [0.2, 0.25) is 0 Å². The Bertz CT molecular complexity index is 516. The number of para-hydroxylation sites is 1. The van der Waals surface area contributed by atoms with Gasteiger partial charge in [-0.2, -0.15) is 5.10 Å². The number of halogens is 1. The van der Waals surface area contributed by atoms with Crippen LogP contribution in [0.5, 0.6) is 0 Å². The van der Waals surface area contributed by atoms with Crippen LogP contribution in [0.25, 0.3) is 10.9 Å². The zero-order chi connectivity index (χ0) is 13.1. The molecule has 0 saturated carbocycles.